The molecule has 0 aliphatic carbocycles. The molecular weight excluding hydrogens is 154 g/mol. The molecular formula is H5BCoFeSi. The van der Waals surface area contributed by atoms with Crippen molar-refractivity contribution in [3.05, 3.63) is 0 Å². The van der Waals surface area contributed by atoms with Gasteiger partial charge >= 0.3 is 40.9 Å². The van der Waals surface area contributed by atoms with E-state index in [4.69, 9.17) is 0 Å². The fraction of sp³-hybridized carbons (Fsp3) is 0. The summed E-state index contributed by atoms with van der Waals surface area (Å²) >= 11 is 4.05. The molecule has 0 aromatic heterocycles. The van der Waals surface area contributed by atoms with E-state index in [1.165, 1.54) is 8.89 Å². The van der Waals surface area contributed by atoms with Crippen LogP contribution in [-0.4, -0.2) is 15.6 Å². The Morgan fingerprint density at radius 1 is 2.00 bits per heavy atom. The summed E-state index contributed by atoms with van der Waals surface area (Å²) in [6.45, 7) is 2.18. The molecule has 0 saturated heterocycles. The van der Waals surface area contributed by atoms with Gasteiger partial charge in [0.1, 0.15) is 0 Å². The van der Waals surface area contributed by atoms with Gasteiger partial charge in [-0.25, -0.2) is 0 Å². The van der Waals surface area contributed by atoms with E-state index in [9.17, 15) is 0 Å². The van der Waals surface area contributed by atoms with Gasteiger partial charge in [-0.05, 0) is 0 Å². The quantitative estimate of drug-likeness (QED) is 0.355. The van der Waals surface area contributed by atoms with Gasteiger partial charge in [0.25, 0.3) is 0 Å². The van der Waals surface area contributed by atoms with Crippen molar-refractivity contribution in [2.24, 2.45) is 0 Å². The molecule has 0 aliphatic rings. The molecule has 0 fully saturated rings. The molecule has 4 heteroatoms. The zero-order valence-corrected chi connectivity index (χ0v) is 6.83. The van der Waals surface area contributed by atoms with Crippen LogP contribution in [0, 0.1) is 0 Å². The van der Waals surface area contributed by atoms with Crippen LogP contribution < -0.4 is 0 Å². The number of rotatable bonds is 0. The van der Waals surface area contributed by atoms with Gasteiger partial charge in [0.05, 0.1) is 0 Å². The third-order valence-corrected chi connectivity index (χ3v) is 0. The Labute approximate surface area is 41.0 Å². The Balaban J connectivity index is 2.32. The molecule has 0 bridgehead atoms. The van der Waals surface area contributed by atoms with Crippen LogP contribution in [0.4, 0.5) is 0 Å². The fourth-order valence-electron chi connectivity index (χ4n) is 0. The van der Waals surface area contributed by atoms with Gasteiger partial charge < -0.3 is 0 Å². The Morgan fingerprint density at radius 3 is 2.00 bits per heavy atom. The average Bonchev–Trinajstić information content (AvgIpc) is 0.811. The molecule has 0 radical (unpaired) electrons. The van der Waals surface area contributed by atoms with Gasteiger partial charge in [0, 0.05) is 0 Å². The second kappa shape index (κ2) is 2.54. The summed E-state index contributed by atoms with van der Waals surface area (Å²) in [6, 6.07) is 0. The van der Waals surface area contributed by atoms with Crippen molar-refractivity contribution in [3.63, 3.8) is 0 Å². The number of hydrogen-bond acceptors (Lipinski definition) is 0. The zero-order chi connectivity index (χ0) is 3.58. The molecule has 0 unspecified atom stereocenters. The van der Waals surface area contributed by atoms with Crippen LogP contribution in [0.5, 0.6) is 0 Å². The molecule has 0 spiro atoms. The average molecular weight is 159 g/mol. The first-order valence-corrected chi connectivity index (χ1v) is 7.50. The van der Waals surface area contributed by atoms with Gasteiger partial charge in [0.2, 0.25) is 0 Å². The molecule has 0 aliphatic heterocycles. The van der Waals surface area contributed by atoms with Crippen molar-refractivity contribution in [2.75, 3.05) is 0 Å². The van der Waals surface area contributed by atoms with Crippen LogP contribution in [-0.2, 0) is 25.3 Å². The van der Waals surface area contributed by atoms with Crippen LogP contribution in [0.15, 0.2) is 0 Å². The van der Waals surface area contributed by atoms with E-state index in [1.807, 2.05) is 0 Å². The predicted octanol–water partition coefficient (Wildman–Crippen LogP) is -2.11. The van der Waals surface area contributed by atoms with E-state index >= 15 is 0 Å². The summed E-state index contributed by atoms with van der Waals surface area (Å²) in [6.07, 6.45) is 0. The Hall–Kier alpha value is 1.31. The second-order valence-corrected chi connectivity index (χ2v) is 12.1. The Kier molecular flexibility index (Phi) is 3.37. The van der Waals surface area contributed by atoms with Crippen LogP contribution >= 0.6 is 0 Å². The first kappa shape index (κ1) is 5.31. The van der Waals surface area contributed by atoms with E-state index in [-0.39, 0.29) is 11.0 Å². The SMILES string of the molecule is [BH2][Co]([SiH3])[Fe]. The van der Waals surface area contributed by atoms with Gasteiger partial charge in [-0.15, -0.1) is 0 Å². The Morgan fingerprint density at radius 2 is 2.00 bits per heavy atom. The van der Waals surface area contributed by atoms with Crippen molar-refractivity contribution >= 4 is 15.6 Å². The first-order valence-electron chi connectivity index (χ1n) is 0.785. The minimum absolute atomic E-state index is 0.285. The first-order chi connectivity index (χ1) is 1.73. The van der Waals surface area contributed by atoms with E-state index in [0.717, 1.165) is 0 Å². The van der Waals surface area contributed by atoms with Gasteiger partial charge in [-0.1, -0.05) is 0 Å². The zero-order valence-electron chi connectivity index (χ0n) is 2.69. The summed E-state index contributed by atoms with van der Waals surface area (Å²) in [4.78, 5) is 0. The molecule has 0 amide bonds. The summed E-state index contributed by atoms with van der Waals surface area (Å²) in [5.74, 6) is 0. The minimum atomic E-state index is 0.285. The molecule has 4 heavy (non-hydrogen) atoms. The monoisotopic (exact) mass is 159 g/mol. The van der Waals surface area contributed by atoms with Crippen molar-refractivity contribution in [2.45, 2.75) is 0 Å². The maximum absolute atomic E-state index is 3.76. The molecule has 0 nitrogen and oxygen atoms in total. The third-order valence-electron chi connectivity index (χ3n) is 0. The molecule has 0 aromatic rings. The van der Waals surface area contributed by atoms with Crippen molar-refractivity contribution in [3.8, 4) is 0 Å². The van der Waals surface area contributed by atoms with Crippen molar-refractivity contribution in [1.29, 1.82) is 0 Å². The normalized spacial score (nSPS) is 11.8. The van der Waals surface area contributed by atoms with Gasteiger partial charge in [-0.3, -0.25) is 0 Å². The van der Waals surface area contributed by atoms with Gasteiger partial charge in [-0.2, -0.15) is 0 Å². The third kappa shape index (κ3) is 10.3. The molecule has 29 valence electrons. The van der Waals surface area contributed by atoms with E-state index in [0.29, 0.717) is 0 Å². The molecule has 0 rings (SSSR count). The molecule has 0 saturated carbocycles. The van der Waals surface area contributed by atoms with Crippen molar-refractivity contribution in [1.82, 2.24) is 0 Å². The van der Waals surface area contributed by atoms with Crippen LogP contribution in [0.2, 0.25) is 0 Å². The Bertz CT molecular complexity index is 12.8. The molecule has 0 aromatic carbocycles. The van der Waals surface area contributed by atoms with E-state index in [2.05, 4.69) is 20.9 Å². The van der Waals surface area contributed by atoms with Crippen molar-refractivity contribution < 1.29 is 25.3 Å². The summed E-state index contributed by atoms with van der Waals surface area (Å²) in [5, 5.41) is 0. The van der Waals surface area contributed by atoms with Crippen LogP contribution in [0.1, 0.15) is 0 Å². The van der Waals surface area contributed by atoms with Gasteiger partial charge in [0.15, 0.2) is 0 Å². The number of hydrogen-bond donors (Lipinski definition) is 0. The summed E-state index contributed by atoms with van der Waals surface area (Å²) in [7, 11) is 1.30. The van der Waals surface area contributed by atoms with Crippen LogP contribution in [0.25, 0.3) is 0 Å². The van der Waals surface area contributed by atoms with E-state index in [1.54, 1.807) is 0 Å². The standard InChI is InChI=1S/BH2.Co.Fe.H3Si/h1H2;;;1H3/q+1;-1;;. The second-order valence-electron chi connectivity index (χ2n) is 0.569. The molecule has 0 N–H and O–H groups in total. The van der Waals surface area contributed by atoms with E-state index < -0.39 is 0 Å². The molecule has 0 atom stereocenters. The molecule has 0 heterocycles. The summed E-state index contributed by atoms with van der Waals surface area (Å²) < 4.78 is 0. The topological polar surface area (TPSA) is 0 Å². The van der Waals surface area contributed by atoms with Crippen LogP contribution in [0.3, 0.4) is 0 Å². The maximum atomic E-state index is 3.76. The summed E-state index contributed by atoms with van der Waals surface area (Å²) in [5.41, 5.74) is 0. The predicted molar refractivity (Wildman–Crippen MR) is 18.5 cm³/mol. The fourth-order valence-corrected chi connectivity index (χ4v) is 0.